The van der Waals surface area contributed by atoms with Gasteiger partial charge in [0.1, 0.15) is 5.15 Å². The van der Waals surface area contributed by atoms with E-state index in [1.165, 1.54) is 5.56 Å². The van der Waals surface area contributed by atoms with Gasteiger partial charge in [-0.3, -0.25) is 4.68 Å². The predicted molar refractivity (Wildman–Crippen MR) is 80.1 cm³/mol. The van der Waals surface area contributed by atoms with Crippen molar-refractivity contribution in [2.24, 2.45) is 7.05 Å². The summed E-state index contributed by atoms with van der Waals surface area (Å²) >= 11 is 6.25. The van der Waals surface area contributed by atoms with Crippen molar-refractivity contribution in [1.82, 2.24) is 19.7 Å². The van der Waals surface area contributed by atoms with Gasteiger partial charge in [-0.2, -0.15) is 5.10 Å². The van der Waals surface area contributed by atoms with E-state index in [1.807, 2.05) is 14.0 Å². The van der Waals surface area contributed by atoms with Crippen LogP contribution in [0.2, 0.25) is 5.15 Å². The molecule has 2 aromatic rings. The van der Waals surface area contributed by atoms with E-state index < -0.39 is 0 Å². The molecule has 0 radical (unpaired) electrons. The number of aromatic nitrogens is 3. The van der Waals surface area contributed by atoms with Crippen LogP contribution in [0, 0.1) is 6.92 Å². The van der Waals surface area contributed by atoms with Crippen molar-refractivity contribution in [2.75, 3.05) is 20.3 Å². The standard InChI is InChI=1S/C14H21ClN4O/c1-11-13(14(15)18(2)17-11)10-19-6-4-12(9-19)8-16-5-7-20-3/h4,6,9,16H,5,7-8,10H2,1-3H3. The van der Waals surface area contributed by atoms with Gasteiger partial charge in [-0.1, -0.05) is 11.6 Å². The van der Waals surface area contributed by atoms with Crippen molar-refractivity contribution in [1.29, 1.82) is 0 Å². The van der Waals surface area contributed by atoms with Crippen molar-refractivity contribution in [3.8, 4) is 0 Å². The van der Waals surface area contributed by atoms with E-state index >= 15 is 0 Å². The largest absolute Gasteiger partial charge is 0.383 e. The first-order chi connectivity index (χ1) is 9.61. The van der Waals surface area contributed by atoms with E-state index in [2.05, 4.69) is 33.4 Å². The topological polar surface area (TPSA) is 44.0 Å². The van der Waals surface area contributed by atoms with Crippen LogP contribution >= 0.6 is 11.6 Å². The number of halogens is 1. The number of ether oxygens (including phenoxy) is 1. The van der Waals surface area contributed by atoms with Crippen molar-refractivity contribution in [3.05, 3.63) is 40.4 Å². The first-order valence-electron chi connectivity index (χ1n) is 6.64. The second-order valence-corrected chi connectivity index (χ2v) is 5.20. The minimum absolute atomic E-state index is 0.705. The molecule has 110 valence electrons. The number of rotatable bonds is 7. The molecule has 20 heavy (non-hydrogen) atoms. The Hall–Kier alpha value is -1.30. The normalized spacial score (nSPS) is 11.2. The second-order valence-electron chi connectivity index (χ2n) is 4.84. The number of nitrogens with one attached hydrogen (secondary N) is 1. The molecule has 0 amide bonds. The molecule has 2 heterocycles. The minimum atomic E-state index is 0.705. The average Bonchev–Trinajstić information content (AvgIpc) is 2.96. The summed E-state index contributed by atoms with van der Waals surface area (Å²) in [5.74, 6) is 0. The van der Waals surface area contributed by atoms with Gasteiger partial charge >= 0.3 is 0 Å². The van der Waals surface area contributed by atoms with Crippen LogP contribution in [0.1, 0.15) is 16.8 Å². The Morgan fingerprint density at radius 3 is 2.90 bits per heavy atom. The quantitative estimate of drug-likeness (QED) is 0.795. The highest BCUT2D eigenvalue weighted by Gasteiger charge is 2.11. The molecule has 0 aliphatic heterocycles. The van der Waals surface area contributed by atoms with Gasteiger partial charge in [0.25, 0.3) is 0 Å². The van der Waals surface area contributed by atoms with E-state index in [4.69, 9.17) is 16.3 Å². The Morgan fingerprint density at radius 2 is 2.25 bits per heavy atom. The number of aryl methyl sites for hydroxylation is 2. The lowest BCUT2D eigenvalue weighted by atomic mass is 10.2. The Labute approximate surface area is 124 Å². The van der Waals surface area contributed by atoms with Crippen LogP contribution < -0.4 is 5.32 Å². The lowest BCUT2D eigenvalue weighted by Crippen LogP contribution is -2.18. The van der Waals surface area contributed by atoms with Crippen LogP contribution in [-0.2, 0) is 24.9 Å². The lowest BCUT2D eigenvalue weighted by molar-refractivity contribution is 0.199. The first kappa shape index (κ1) is 15.1. The summed E-state index contributed by atoms with van der Waals surface area (Å²) in [5.41, 5.74) is 3.30. The molecule has 2 rings (SSSR count). The van der Waals surface area contributed by atoms with Crippen molar-refractivity contribution < 1.29 is 4.74 Å². The van der Waals surface area contributed by atoms with Gasteiger partial charge in [0, 0.05) is 45.2 Å². The summed E-state index contributed by atoms with van der Waals surface area (Å²) in [7, 11) is 3.57. The van der Waals surface area contributed by atoms with Crippen LogP contribution in [0.3, 0.4) is 0 Å². The maximum Gasteiger partial charge on any atom is 0.131 e. The molecule has 0 bridgehead atoms. The Kier molecular flexibility index (Phi) is 5.23. The molecule has 0 aromatic carbocycles. The molecule has 0 saturated heterocycles. The fraction of sp³-hybridized carbons (Fsp3) is 0.500. The van der Waals surface area contributed by atoms with Gasteiger partial charge in [-0.15, -0.1) is 0 Å². The minimum Gasteiger partial charge on any atom is -0.383 e. The molecule has 1 N–H and O–H groups in total. The molecule has 0 aliphatic carbocycles. The van der Waals surface area contributed by atoms with Gasteiger partial charge in [-0.25, -0.2) is 0 Å². The molecule has 2 aromatic heterocycles. The predicted octanol–water partition coefficient (Wildman–Crippen LogP) is 1.97. The molecule has 0 fully saturated rings. The zero-order valence-corrected chi connectivity index (χ0v) is 12.9. The zero-order chi connectivity index (χ0) is 14.5. The maximum absolute atomic E-state index is 6.25. The number of hydrogen-bond acceptors (Lipinski definition) is 3. The van der Waals surface area contributed by atoms with Gasteiger partial charge in [-0.05, 0) is 18.6 Å². The second kappa shape index (κ2) is 6.92. The molecule has 0 atom stereocenters. The third-order valence-electron chi connectivity index (χ3n) is 3.23. The monoisotopic (exact) mass is 296 g/mol. The van der Waals surface area contributed by atoms with E-state index in [0.29, 0.717) is 5.15 Å². The molecular formula is C14H21ClN4O. The molecular weight excluding hydrogens is 276 g/mol. The van der Waals surface area contributed by atoms with Crippen LogP contribution in [-0.4, -0.2) is 34.6 Å². The van der Waals surface area contributed by atoms with Crippen LogP contribution in [0.25, 0.3) is 0 Å². The summed E-state index contributed by atoms with van der Waals surface area (Å²) < 4.78 is 8.84. The van der Waals surface area contributed by atoms with E-state index in [9.17, 15) is 0 Å². The highest BCUT2D eigenvalue weighted by Crippen LogP contribution is 2.20. The highest BCUT2D eigenvalue weighted by atomic mass is 35.5. The van der Waals surface area contributed by atoms with Gasteiger partial charge in [0.15, 0.2) is 0 Å². The van der Waals surface area contributed by atoms with Crippen molar-refractivity contribution >= 4 is 11.6 Å². The van der Waals surface area contributed by atoms with E-state index in [0.717, 1.165) is 37.5 Å². The third kappa shape index (κ3) is 3.62. The molecule has 0 unspecified atom stereocenters. The van der Waals surface area contributed by atoms with Crippen LogP contribution in [0.5, 0.6) is 0 Å². The summed E-state index contributed by atoms with van der Waals surface area (Å²) in [5, 5.41) is 8.36. The Bertz CT molecular complexity index is 562. The fourth-order valence-corrected chi connectivity index (χ4v) is 2.37. The number of nitrogens with zero attached hydrogens (tertiary/aromatic N) is 3. The molecule has 0 spiro atoms. The lowest BCUT2D eigenvalue weighted by Gasteiger charge is -2.04. The summed E-state index contributed by atoms with van der Waals surface area (Å²) in [4.78, 5) is 0. The summed E-state index contributed by atoms with van der Waals surface area (Å²) in [6.45, 7) is 5.16. The van der Waals surface area contributed by atoms with Gasteiger partial charge < -0.3 is 14.6 Å². The van der Waals surface area contributed by atoms with E-state index in [-0.39, 0.29) is 0 Å². The highest BCUT2D eigenvalue weighted by molar-refractivity contribution is 6.30. The van der Waals surface area contributed by atoms with Crippen molar-refractivity contribution in [2.45, 2.75) is 20.0 Å². The first-order valence-corrected chi connectivity index (χ1v) is 7.02. The molecule has 6 heteroatoms. The Morgan fingerprint density at radius 1 is 1.45 bits per heavy atom. The SMILES string of the molecule is COCCNCc1ccn(Cc2c(C)nn(C)c2Cl)c1. The van der Waals surface area contributed by atoms with Gasteiger partial charge in [0.05, 0.1) is 18.8 Å². The maximum atomic E-state index is 6.25. The van der Waals surface area contributed by atoms with Crippen LogP contribution in [0.15, 0.2) is 18.5 Å². The average molecular weight is 297 g/mol. The fourth-order valence-electron chi connectivity index (χ4n) is 2.14. The Balaban J connectivity index is 1.95. The smallest absolute Gasteiger partial charge is 0.131 e. The molecule has 0 aliphatic rings. The van der Waals surface area contributed by atoms with Crippen LogP contribution in [0.4, 0.5) is 0 Å². The molecule has 0 saturated carbocycles. The summed E-state index contributed by atoms with van der Waals surface area (Å²) in [6, 6.07) is 2.11. The van der Waals surface area contributed by atoms with Crippen molar-refractivity contribution in [3.63, 3.8) is 0 Å². The molecule has 5 nitrogen and oxygen atoms in total. The van der Waals surface area contributed by atoms with Gasteiger partial charge in [0.2, 0.25) is 0 Å². The summed E-state index contributed by atoms with van der Waals surface area (Å²) in [6.07, 6.45) is 4.19. The number of hydrogen-bond donors (Lipinski definition) is 1. The van der Waals surface area contributed by atoms with E-state index in [1.54, 1.807) is 11.8 Å². The third-order valence-corrected chi connectivity index (χ3v) is 3.71. The zero-order valence-electron chi connectivity index (χ0n) is 12.2. The number of methoxy groups -OCH3 is 1.